The van der Waals surface area contributed by atoms with Crippen molar-refractivity contribution in [1.29, 1.82) is 0 Å². The summed E-state index contributed by atoms with van der Waals surface area (Å²) in [6.07, 6.45) is 6.38. The van der Waals surface area contributed by atoms with Crippen LogP contribution in [0.25, 0.3) is 10.9 Å². The number of benzene rings is 2. The third-order valence-electron chi connectivity index (χ3n) is 6.46. The molecule has 3 heterocycles. The standard InChI is InChI=1S/C25H26F2N6O3/c1-35-19-12-20(36-2)23(27)24(22(19)26)32(13-21-29-9-10-30-21)16-3-4-18-17(11-16)25(34)33(14-31-18)15-5-7-28-8-6-15/h3-4,9-12,14-15,28H,5-8,13H2,1-2H3,(H,29,30). The molecule has 1 saturated heterocycles. The highest BCUT2D eigenvalue weighted by Gasteiger charge is 2.27. The highest BCUT2D eigenvalue weighted by Crippen LogP contribution is 2.41. The van der Waals surface area contributed by atoms with E-state index in [4.69, 9.17) is 9.47 Å². The SMILES string of the molecule is COc1cc(OC)c(F)c(N(Cc2ncc[nH]2)c2ccc3ncn(C4CCNCC4)c(=O)c3c2)c1F. The van der Waals surface area contributed by atoms with E-state index in [9.17, 15) is 4.79 Å². The zero-order chi connectivity index (χ0) is 25.2. The van der Waals surface area contributed by atoms with Gasteiger partial charge in [0.1, 0.15) is 11.5 Å². The summed E-state index contributed by atoms with van der Waals surface area (Å²) in [4.78, 5) is 26.5. The second kappa shape index (κ2) is 9.94. The van der Waals surface area contributed by atoms with Gasteiger partial charge < -0.3 is 24.7 Å². The number of halogens is 2. The number of methoxy groups -OCH3 is 2. The number of piperidine rings is 1. The van der Waals surface area contributed by atoms with Gasteiger partial charge in [-0.15, -0.1) is 0 Å². The van der Waals surface area contributed by atoms with Gasteiger partial charge in [0.2, 0.25) is 0 Å². The van der Waals surface area contributed by atoms with Crippen molar-refractivity contribution in [2.24, 2.45) is 0 Å². The molecule has 0 saturated carbocycles. The summed E-state index contributed by atoms with van der Waals surface area (Å²) in [7, 11) is 2.59. The number of rotatable bonds is 7. The first-order chi connectivity index (χ1) is 17.5. The first kappa shape index (κ1) is 23.7. The number of imidazole rings is 1. The molecule has 0 amide bonds. The van der Waals surface area contributed by atoms with Crippen LogP contribution < -0.4 is 25.2 Å². The van der Waals surface area contributed by atoms with Crippen molar-refractivity contribution in [2.75, 3.05) is 32.2 Å². The molecule has 1 fully saturated rings. The molecule has 0 aliphatic carbocycles. The van der Waals surface area contributed by atoms with E-state index in [2.05, 4.69) is 20.3 Å². The molecule has 1 aliphatic heterocycles. The third kappa shape index (κ3) is 4.26. The summed E-state index contributed by atoms with van der Waals surface area (Å²) in [6, 6.07) is 6.13. The van der Waals surface area contributed by atoms with Gasteiger partial charge in [-0.3, -0.25) is 9.36 Å². The molecule has 36 heavy (non-hydrogen) atoms. The van der Waals surface area contributed by atoms with Gasteiger partial charge in [-0.05, 0) is 44.1 Å². The lowest BCUT2D eigenvalue weighted by atomic mass is 10.1. The third-order valence-corrected chi connectivity index (χ3v) is 6.46. The van der Waals surface area contributed by atoms with Crippen LogP contribution in [0.5, 0.6) is 11.5 Å². The minimum absolute atomic E-state index is 0.00852. The van der Waals surface area contributed by atoms with E-state index < -0.39 is 11.6 Å². The van der Waals surface area contributed by atoms with E-state index in [-0.39, 0.29) is 35.3 Å². The Kier molecular flexibility index (Phi) is 6.55. The monoisotopic (exact) mass is 496 g/mol. The molecule has 2 aromatic heterocycles. The molecule has 0 atom stereocenters. The Labute approximate surface area is 205 Å². The molecule has 188 valence electrons. The lowest BCUT2D eigenvalue weighted by Gasteiger charge is -2.27. The summed E-state index contributed by atoms with van der Waals surface area (Å²) in [5, 5.41) is 3.65. The van der Waals surface area contributed by atoms with Gasteiger partial charge in [-0.1, -0.05) is 0 Å². The van der Waals surface area contributed by atoms with Gasteiger partial charge in [0.05, 0.1) is 38.0 Å². The number of hydrogen-bond donors (Lipinski definition) is 2. The smallest absolute Gasteiger partial charge is 0.261 e. The first-order valence-corrected chi connectivity index (χ1v) is 11.6. The van der Waals surface area contributed by atoms with Crippen molar-refractivity contribution >= 4 is 22.3 Å². The average Bonchev–Trinajstić information content (AvgIpc) is 3.42. The molecule has 2 N–H and O–H groups in total. The van der Waals surface area contributed by atoms with E-state index in [1.807, 2.05) is 0 Å². The number of hydrogen-bond acceptors (Lipinski definition) is 7. The Balaban J connectivity index is 1.68. The molecule has 0 bridgehead atoms. The minimum atomic E-state index is -0.902. The second-order valence-corrected chi connectivity index (χ2v) is 8.52. The molecular weight excluding hydrogens is 470 g/mol. The van der Waals surface area contributed by atoms with E-state index >= 15 is 8.78 Å². The van der Waals surface area contributed by atoms with Crippen molar-refractivity contribution in [2.45, 2.75) is 25.4 Å². The lowest BCUT2D eigenvalue weighted by molar-refractivity contribution is 0.358. The molecule has 4 aromatic rings. The van der Waals surface area contributed by atoms with Crippen molar-refractivity contribution in [1.82, 2.24) is 24.8 Å². The van der Waals surface area contributed by atoms with Gasteiger partial charge in [-0.2, -0.15) is 0 Å². The predicted molar refractivity (Wildman–Crippen MR) is 131 cm³/mol. The molecule has 11 heteroatoms. The largest absolute Gasteiger partial charge is 0.493 e. The van der Waals surface area contributed by atoms with Crippen LogP contribution in [0.15, 0.2) is 47.8 Å². The Morgan fingerprint density at radius 2 is 1.81 bits per heavy atom. The maximum absolute atomic E-state index is 15.5. The number of H-pyrrole nitrogens is 1. The molecule has 0 unspecified atom stereocenters. The van der Waals surface area contributed by atoms with Crippen LogP contribution in [0.2, 0.25) is 0 Å². The van der Waals surface area contributed by atoms with Crippen LogP contribution in [0.3, 0.4) is 0 Å². The molecule has 5 rings (SSSR count). The topological polar surface area (TPSA) is 97.3 Å². The molecule has 9 nitrogen and oxygen atoms in total. The van der Waals surface area contributed by atoms with Gasteiger partial charge in [-0.25, -0.2) is 18.7 Å². The Bertz CT molecular complexity index is 1410. The van der Waals surface area contributed by atoms with Gasteiger partial charge in [0.25, 0.3) is 5.56 Å². The van der Waals surface area contributed by atoms with Crippen LogP contribution in [0, 0.1) is 11.6 Å². The lowest BCUT2D eigenvalue weighted by Crippen LogP contribution is -2.34. The van der Waals surface area contributed by atoms with Gasteiger partial charge in [0, 0.05) is 30.2 Å². The van der Waals surface area contributed by atoms with Crippen molar-refractivity contribution < 1.29 is 18.3 Å². The van der Waals surface area contributed by atoms with Crippen LogP contribution in [-0.2, 0) is 6.54 Å². The fraction of sp³-hybridized carbons (Fsp3) is 0.320. The number of anilines is 2. The minimum Gasteiger partial charge on any atom is -0.493 e. The highest BCUT2D eigenvalue weighted by atomic mass is 19.1. The first-order valence-electron chi connectivity index (χ1n) is 11.6. The van der Waals surface area contributed by atoms with Crippen LogP contribution in [0.1, 0.15) is 24.7 Å². The van der Waals surface area contributed by atoms with Crippen molar-refractivity contribution in [3.63, 3.8) is 0 Å². The summed E-state index contributed by atoms with van der Waals surface area (Å²) in [6.45, 7) is 1.64. The van der Waals surface area contributed by atoms with E-state index in [0.29, 0.717) is 22.4 Å². The number of fused-ring (bicyclic) bond motifs is 1. The number of aromatic nitrogens is 4. The van der Waals surface area contributed by atoms with Gasteiger partial charge in [0.15, 0.2) is 23.1 Å². The summed E-state index contributed by atoms with van der Waals surface area (Å²) < 4.78 is 43.0. The van der Waals surface area contributed by atoms with Crippen LogP contribution in [-0.4, -0.2) is 46.8 Å². The van der Waals surface area contributed by atoms with Crippen LogP contribution >= 0.6 is 0 Å². The number of nitrogens with zero attached hydrogens (tertiary/aromatic N) is 4. The highest BCUT2D eigenvalue weighted by molar-refractivity contribution is 5.83. The summed E-state index contributed by atoms with van der Waals surface area (Å²) in [5.41, 5.74) is 0.297. The zero-order valence-electron chi connectivity index (χ0n) is 19.9. The van der Waals surface area contributed by atoms with E-state index in [0.717, 1.165) is 32.0 Å². The second-order valence-electron chi connectivity index (χ2n) is 8.52. The Morgan fingerprint density at radius 1 is 1.08 bits per heavy atom. The fourth-order valence-electron chi connectivity index (χ4n) is 4.58. The average molecular weight is 497 g/mol. The number of nitrogens with one attached hydrogen (secondary N) is 2. The number of aromatic amines is 1. The fourth-order valence-corrected chi connectivity index (χ4v) is 4.58. The normalized spacial score (nSPS) is 14.2. The molecule has 2 aromatic carbocycles. The zero-order valence-corrected chi connectivity index (χ0v) is 19.9. The maximum atomic E-state index is 15.5. The Morgan fingerprint density at radius 3 is 2.44 bits per heavy atom. The predicted octanol–water partition coefficient (Wildman–Crippen LogP) is 3.68. The van der Waals surface area contributed by atoms with Crippen LogP contribution in [0.4, 0.5) is 20.2 Å². The molecule has 0 spiro atoms. The number of ether oxygens (including phenoxy) is 2. The van der Waals surface area contributed by atoms with Crippen molar-refractivity contribution in [3.8, 4) is 11.5 Å². The van der Waals surface area contributed by atoms with Crippen molar-refractivity contribution in [3.05, 3.63) is 70.8 Å². The molecule has 1 aliphatic rings. The maximum Gasteiger partial charge on any atom is 0.261 e. The molecular formula is C25H26F2N6O3. The van der Waals surface area contributed by atoms with E-state index in [1.54, 1.807) is 41.5 Å². The quantitative estimate of drug-likeness (QED) is 0.403. The summed E-state index contributed by atoms with van der Waals surface area (Å²) in [5.74, 6) is -1.69. The van der Waals surface area contributed by atoms with E-state index in [1.165, 1.54) is 19.1 Å². The Hall–Kier alpha value is -3.99. The summed E-state index contributed by atoms with van der Waals surface area (Å²) >= 11 is 0. The molecule has 0 radical (unpaired) electrons. The van der Waals surface area contributed by atoms with Gasteiger partial charge >= 0.3 is 0 Å².